The Morgan fingerprint density at radius 1 is 0.243 bits per heavy atom. The lowest BCUT2D eigenvalue weighted by Gasteiger charge is -2.50. The van der Waals surface area contributed by atoms with Crippen LogP contribution in [0.5, 0.6) is 0 Å². The minimum Gasteiger partial charge on any atom is -0.334 e. The van der Waals surface area contributed by atoms with E-state index in [-0.39, 0.29) is 32.9 Å². The average molecular weight is 1390 g/mol. The van der Waals surface area contributed by atoms with Crippen LogP contribution in [0.1, 0.15) is 169 Å². The van der Waals surface area contributed by atoms with Crippen LogP contribution in [0.2, 0.25) is 0 Å². The second kappa shape index (κ2) is 22.7. The molecule has 15 aromatic rings. The molecule has 0 aromatic heterocycles. The zero-order chi connectivity index (χ0) is 72.7. The van der Waals surface area contributed by atoms with Gasteiger partial charge in [-0.2, -0.15) is 0 Å². The molecule has 15 aromatic carbocycles. The molecule has 0 bridgehead atoms. The van der Waals surface area contributed by atoms with Crippen LogP contribution in [0.15, 0.2) is 224 Å². The smallest absolute Gasteiger partial charge is 0.0518 e. The number of para-hydroxylation sites is 3. The van der Waals surface area contributed by atoms with Crippen molar-refractivity contribution in [2.45, 2.75) is 193 Å². The summed E-state index contributed by atoms with van der Waals surface area (Å²) in [6, 6.07) is 87.9. The summed E-state index contributed by atoms with van der Waals surface area (Å²) in [6.07, 6.45) is 14.4. The maximum absolute atomic E-state index is 2.80. The molecule has 0 amide bonds. The number of hydrogen-bond donors (Lipinski definition) is 0. The SMILES string of the molecule is Cc1cc(-c2ccc3c4c(-c5ccccc5)c5c6ccc(-c7cc(C)c8c(c7C)C7(C)CCCCC7(C)N8c7ccccc7)c7c(-c8cc(C)c9c(c8C)C8(C)CCCCC8(C)N9c8ccccc8)ccc(c5c(-c5ccccc5)c4c4cccc2c43)c76)c(C)c2c1N(c1ccccc1)C1(C)CCCCC21C. The van der Waals surface area contributed by atoms with Crippen LogP contribution >= 0.6 is 0 Å². The minimum absolute atomic E-state index is 0.0274. The van der Waals surface area contributed by atoms with Gasteiger partial charge in [0.05, 0.1) is 16.6 Å². The van der Waals surface area contributed by atoms with Gasteiger partial charge in [0.25, 0.3) is 0 Å². The van der Waals surface area contributed by atoms with Crippen molar-refractivity contribution in [2.75, 3.05) is 14.7 Å². The first kappa shape index (κ1) is 65.1. The van der Waals surface area contributed by atoms with Gasteiger partial charge in [-0.3, -0.25) is 0 Å². The predicted molar refractivity (Wildman–Crippen MR) is 458 cm³/mol. The molecule has 107 heavy (non-hydrogen) atoms. The highest BCUT2D eigenvalue weighted by molar-refractivity contribution is 6.48. The van der Waals surface area contributed by atoms with Crippen LogP contribution in [0.25, 0.3) is 120 Å². The summed E-state index contributed by atoms with van der Waals surface area (Å²) in [6.45, 7) is 30.5. The van der Waals surface area contributed by atoms with E-state index in [1.807, 2.05) is 0 Å². The second-order valence-electron chi connectivity index (χ2n) is 35.2. The molecule has 3 aliphatic carbocycles. The van der Waals surface area contributed by atoms with Crippen LogP contribution in [0, 0.1) is 41.5 Å². The number of nitrogens with zero attached hydrogens (tertiary/aromatic N) is 3. The minimum atomic E-state index is -0.0957. The van der Waals surface area contributed by atoms with Gasteiger partial charge in [-0.15, -0.1) is 0 Å². The molecule has 0 N–H and O–H groups in total. The molecule has 0 saturated heterocycles. The lowest BCUT2D eigenvalue weighted by Crippen LogP contribution is -2.54. The van der Waals surface area contributed by atoms with Crippen LogP contribution in [0.3, 0.4) is 0 Å². The van der Waals surface area contributed by atoms with Gasteiger partial charge in [-0.05, 0) is 326 Å². The third-order valence-corrected chi connectivity index (χ3v) is 30.2. The first-order chi connectivity index (χ1) is 51.9. The van der Waals surface area contributed by atoms with E-state index >= 15 is 0 Å². The number of anilines is 6. The Hall–Kier alpha value is -10.2. The Morgan fingerprint density at radius 3 is 0.888 bits per heavy atom. The lowest BCUT2D eigenvalue weighted by molar-refractivity contribution is 0.194. The van der Waals surface area contributed by atoms with Gasteiger partial charge in [-0.25, -0.2) is 0 Å². The van der Waals surface area contributed by atoms with E-state index < -0.39 is 0 Å². The summed E-state index contributed by atoms with van der Waals surface area (Å²) in [5, 5.41) is 16.1. The van der Waals surface area contributed by atoms with Crippen molar-refractivity contribution in [3.8, 4) is 55.6 Å². The van der Waals surface area contributed by atoms with E-state index in [1.165, 1.54) is 239 Å². The molecule has 21 rings (SSSR count). The van der Waals surface area contributed by atoms with E-state index in [4.69, 9.17) is 0 Å². The zero-order valence-electron chi connectivity index (χ0n) is 64.7. The maximum Gasteiger partial charge on any atom is 0.0518 e. The third kappa shape index (κ3) is 8.19. The van der Waals surface area contributed by atoms with Crippen LogP contribution in [0.4, 0.5) is 34.1 Å². The van der Waals surface area contributed by atoms with Crippen molar-refractivity contribution in [1.29, 1.82) is 0 Å². The molecule has 3 saturated carbocycles. The Morgan fingerprint density at radius 2 is 0.533 bits per heavy atom. The van der Waals surface area contributed by atoms with Crippen molar-refractivity contribution in [2.24, 2.45) is 0 Å². The molecule has 0 radical (unpaired) electrons. The van der Waals surface area contributed by atoms with E-state index in [2.05, 4.69) is 322 Å². The van der Waals surface area contributed by atoms with E-state index in [0.29, 0.717) is 0 Å². The Bertz CT molecular complexity index is 5980. The first-order valence-electron chi connectivity index (χ1n) is 40.4. The predicted octanol–water partition coefficient (Wildman–Crippen LogP) is 28.9. The number of fused-ring (bicyclic) bond motifs is 15. The summed E-state index contributed by atoms with van der Waals surface area (Å²) >= 11 is 0. The monoisotopic (exact) mass is 1390 g/mol. The summed E-state index contributed by atoms with van der Waals surface area (Å²) in [7, 11) is 0. The quantitative estimate of drug-likeness (QED) is 0.150. The van der Waals surface area contributed by atoms with E-state index in [1.54, 1.807) is 16.7 Å². The fourth-order valence-electron chi connectivity index (χ4n) is 24.9. The Kier molecular flexibility index (Phi) is 13.8. The molecule has 3 aliphatic heterocycles. The number of hydrogen-bond acceptors (Lipinski definition) is 3. The van der Waals surface area contributed by atoms with Gasteiger partial charge in [0.2, 0.25) is 0 Å². The fraction of sp³-hybridized carbons (Fsp3) is 0.288. The van der Waals surface area contributed by atoms with Crippen molar-refractivity contribution in [3.63, 3.8) is 0 Å². The normalized spacial score (nSPS) is 23.8. The van der Waals surface area contributed by atoms with Crippen molar-refractivity contribution >= 4 is 98.8 Å². The zero-order valence-corrected chi connectivity index (χ0v) is 64.7. The highest BCUT2D eigenvalue weighted by atomic mass is 15.3. The fourth-order valence-corrected chi connectivity index (χ4v) is 24.9. The van der Waals surface area contributed by atoms with Gasteiger partial charge in [0, 0.05) is 50.4 Å². The Labute approximate surface area is 632 Å². The van der Waals surface area contributed by atoms with Gasteiger partial charge in [0.1, 0.15) is 0 Å². The molecule has 528 valence electrons. The van der Waals surface area contributed by atoms with Crippen molar-refractivity contribution in [1.82, 2.24) is 0 Å². The molecule has 3 heterocycles. The van der Waals surface area contributed by atoms with Gasteiger partial charge in [0.15, 0.2) is 0 Å². The van der Waals surface area contributed by atoms with Gasteiger partial charge in [-0.1, -0.05) is 229 Å². The highest BCUT2D eigenvalue weighted by Crippen LogP contribution is 2.69. The maximum atomic E-state index is 2.80. The molecule has 3 nitrogen and oxygen atoms in total. The Balaban J connectivity index is 0.885. The molecule has 0 spiro atoms. The third-order valence-electron chi connectivity index (χ3n) is 30.2. The summed E-state index contributed by atoms with van der Waals surface area (Å²) in [5.41, 5.74) is 33.9. The summed E-state index contributed by atoms with van der Waals surface area (Å²) in [5.74, 6) is 0. The average Bonchev–Trinajstić information content (AvgIpc) is 1.51. The molecule has 6 aliphatic rings. The number of aryl methyl sites for hydroxylation is 3. The van der Waals surface area contributed by atoms with Crippen LogP contribution in [-0.2, 0) is 16.2 Å². The van der Waals surface area contributed by atoms with Crippen LogP contribution < -0.4 is 14.7 Å². The lowest BCUT2D eigenvalue weighted by atomic mass is 9.60. The first-order valence-corrected chi connectivity index (χ1v) is 40.4. The molecule has 3 heteroatoms. The number of rotatable bonds is 8. The molecule has 3 fully saturated rings. The van der Waals surface area contributed by atoms with Gasteiger partial charge < -0.3 is 14.7 Å². The summed E-state index contributed by atoms with van der Waals surface area (Å²) in [4.78, 5) is 8.37. The van der Waals surface area contributed by atoms with Crippen LogP contribution in [-0.4, -0.2) is 16.6 Å². The van der Waals surface area contributed by atoms with E-state index in [9.17, 15) is 0 Å². The molecule has 6 unspecified atom stereocenters. The van der Waals surface area contributed by atoms with Gasteiger partial charge >= 0.3 is 0 Å². The standard InChI is InChI=1S/C104H97N3/c1-62-59-81(65(4)93-96(62)105(70-39-22-15-23-40-70)102(10)56-31-28-53-99(93,102)7)73-47-50-78-86-74(73)45-34-46-77(86)89-84(68-35-18-13-19-36-68)91-79-51-48-75(82-60-63(2)97-94(66(82)5)100(8)54-29-32-57-103(100,11)106(97)71-41-24-16-25-42-71)87-76(49-52-80(88(79)87)92(91)85(90(78)89)69-37-20-14-21-38-69)83-61-64(3)98-95(67(83)6)101(9)55-30-33-58-104(101,12)107(98)72-43-26-17-27-44-72/h13-27,34-52,59-61H,28-33,53-58H2,1-12H3. The molecular formula is C104H97N3. The molecular weight excluding hydrogens is 1290 g/mol. The van der Waals surface area contributed by atoms with Crippen molar-refractivity contribution < 1.29 is 0 Å². The summed E-state index contributed by atoms with van der Waals surface area (Å²) < 4.78 is 0. The highest BCUT2D eigenvalue weighted by Gasteiger charge is 2.62. The number of benzene rings is 13. The van der Waals surface area contributed by atoms with Crippen molar-refractivity contribution in [3.05, 3.63) is 275 Å². The second-order valence-corrected chi connectivity index (χ2v) is 35.2. The van der Waals surface area contributed by atoms with E-state index in [0.717, 1.165) is 25.7 Å². The largest absolute Gasteiger partial charge is 0.334 e. The topological polar surface area (TPSA) is 9.72 Å². The molecule has 6 atom stereocenters.